The van der Waals surface area contributed by atoms with Crippen molar-refractivity contribution in [2.75, 3.05) is 7.05 Å². The number of rotatable bonds is 1. The molecule has 0 bridgehead atoms. The average molecular weight is 167 g/mol. The standard InChI is InChI=1S/C9H17N3/c1-12-8-5-3-2-4-7(8)6-9(12)11-10/h7-9,11H,2-6H2,1H3. The van der Waals surface area contributed by atoms with Crippen LogP contribution in [0, 0.1) is 5.92 Å². The molecule has 1 heterocycles. The second-order valence-electron chi connectivity index (χ2n) is 4.16. The predicted molar refractivity (Wildman–Crippen MR) is 46.2 cm³/mol. The number of hydrogen-bond donors (Lipinski definition) is 1. The van der Waals surface area contributed by atoms with Crippen LogP contribution < -0.4 is 5.11 Å². The molecule has 0 radical (unpaired) electrons. The number of fused-ring (bicyclic) bond motifs is 1. The minimum atomic E-state index is 0.207. The number of likely N-dealkylation sites (tertiary alicyclic amines) is 1. The second kappa shape index (κ2) is 3.13. The van der Waals surface area contributed by atoms with Crippen LogP contribution in [0.2, 0.25) is 0 Å². The zero-order chi connectivity index (χ0) is 8.55. The van der Waals surface area contributed by atoms with Crippen LogP contribution in [0.3, 0.4) is 0 Å². The molecule has 1 aliphatic carbocycles. The average Bonchev–Trinajstić information content (AvgIpc) is 2.44. The summed E-state index contributed by atoms with van der Waals surface area (Å²) in [6.45, 7) is 0. The monoisotopic (exact) mass is 167 g/mol. The molecule has 0 aromatic carbocycles. The third-order valence-electron chi connectivity index (χ3n) is 3.56. The van der Waals surface area contributed by atoms with E-state index in [2.05, 4.69) is 17.1 Å². The van der Waals surface area contributed by atoms with E-state index in [1.807, 2.05) is 0 Å². The fourth-order valence-corrected chi connectivity index (χ4v) is 2.83. The van der Waals surface area contributed by atoms with E-state index < -0.39 is 0 Å². The molecule has 68 valence electrons. The molecule has 3 unspecified atom stereocenters. The third-order valence-corrected chi connectivity index (χ3v) is 3.56. The lowest BCUT2D eigenvalue weighted by Gasteiger charge is -2.28. The summed E-state index contributed by atoms with van der Waals surface area (Å²) >= 11 is 0. The van der Waals surface area contributed by atoms with Gasteiger partial charge in [0.05, 0.1) is 0 Å². The summed E-state index contributed by atoms with van der Waals surface area (Å²) in [6, 6.07) is 0.725. The fourth-order valence-electron chi connectivity index (χ4n) is 2.83. The summed E-state index contributed by atoms with van der Waals surface area (Å²) in [6.07, 6.45) is 6.75. The highest BCUT2D eigenvalue weighted by Crippen LogP contribution is 2.36. The van der Waals surface area contributed by atoms with Crippen LogP contribution in [0.15, 0.2) is 0 Å². The first kappa shape index (κ1) is 8.17. The quantitative estimate of drug-likeness (QED) is 0.561. The van der Waals surface area contributed by atoms with E-state index in [0.717, 1.165) is 18.4 Å². The van der Waals surface area contributed by atoms with Crippen molar-refractivity contribution in [3.05, 3.63) is 5.53 Å². The maximum atomic E-state index is 8.89. The summed E-state index contributed by atoms with van der Waals surface area (Å²) in [5.41, 5.74) is 8.89. The van der Waals surface area contributed by atoms with Crippen molar-refractivity contribution in [3.8, 4) is 0 Å². The molecule has 0 spiro atoms. The van der Waals surface area contributed by atoms with Crippen molar-refractivity contribution >= 4 is 0 Å². The minimum absolute atomic E-state index is 0.207. The molecule has 2 aliphatic rings. The minimum Gasteiger partial charge on any atom is -0.507 e. The zero-order valence-corrected chi connectivity index (χ0v) is 7.66. The lowest BCUT2D eigenvalue weighted by Crippen LogP contribution is -2.75. The van der Waals surface area contributed by atoms with Crippen LogP contribution >= 0.6 is 0 Å². The Bertz CT molecular complexity index is 181. The van der Waals surface area contributed by atoms with Crippen molar-refractivity contribution in [2.24, 2.45) is 5.92 Å². The molecule has 3 atom stereocenters. The van der Waals surface area contributed by atoms with E-state index in [1.54, 1.807) is 0 Å². The van der Waals surface area contributed by atoms with Gasteiger partial charge in [0.15, 0.2) is 6.17 Å². The lowest BCUT2D eigenvalue weighted by atomic mass is 9.85. The summed E-state index contributed by atoms with van der Waals surface area (Å²) < 4.78 is 0. The third kappa shape index (κ3) is 1.16. The van der Waals surface area contributed by atoms with Crippen LogP contribution in [-0.2, 0) is 0 Å². The largest absolute Gasteiger partial charge is 0.507 e. The summed E-state index contributed by atoms with van der Waals surface area (Å²) in [5.74, 6) is 0.827. The van der Waals surface area contributed by atoms with Crippen LogP contribution in [0.1, 0.15) is 32.1 Å². The molecule has 3 heteroatoms. The Morgan fingerprint density at radius 3 is 2.75 bits per heavy atom. The Morgan fingerprint density at radius 2 is 2.08 bits per heavy atom. The van der Waals surface area contributed by atoms with Crippen molar-refractivity contribution < 1.29 is 5.11 Å². The molecule has 3 nitrogen and oxygen atoms in total. The van der Waals surface area contributed by atoms with Gasteiger partial charge in [0.1, 0.15) is 0 Å². The lowest BCUT2D eigenvalue weighted by molar-refractivity contribution is -0.549. The molecule has 2 rings (SSSR count). The molecule has 0 aromatic rings. The molecule has 1 saturated carbocycles. The highest BCUT2D eigenvalue weighted by molar-refractivity contribution is 4.89. The summed E-state index contributed by atoms with van der Waals surface area (Å²) in [5, 5.41) is 2.40. The highest BCUT2D eigenvalue weighted by atomic mass is 15.3. The highest BCUT2D eigenvalue weighted by Gasteiger charge is 2.41. The first-order chi connectivity index (χ1) is 5.83. The van der Waals surface area contributed by atoms with E-state index in [0.29, 0.717) is 0 Å². The molecule has 12 heavy (non-hydrogen) atoms. The number of nitrogens with one attached hydrogen (secondary N) is 1. The molecule has 1 saturated heterocycles. The zero-order valence-electron chi connectivity index (χ0n) is 7.66. The van der Waals surface area contributed by atoms with Crippen molar-refractivity contribution in [1.82, 2.24) is 4.90 Å². The van der Waals surface area contributed by atoms with Gasteiger partial charge in [-0.2, -0.15) is 0 Å². The van der Waals surface area contributed by atoms with Gasteiger partial charge in [-0.1, -0.05) is 12.8 Å². The van der Waals surface area contributed by atoms with Crippen molar-refractivity contribution in [3.63, 3.8) is 0 Å². The Morgan fingerprint density at radius 1 is 1.33 bits per heavy atom. The van der Waals surface area contributed by atoms with Crippen LogP contribution in [0.25, 0.3) is 5.53 Å². The fraction of sp³-hybridized carbons (Fsp3) is 1.00. The Balaban J connectivity index is 2.07. The van der Waals surface area contributed by atoms with Gasteiger partial charge < -0.3 is 10.6 Å². The molecular formula is C9H17N3. The second-order valence-corrected chi connectivity index (χ2v) is 4.16. The number of hydrogen-bond acceptors (Lipinski definition) is 1. The smallest absolute Gasteiger partial charge is 0.196 e. The molecule has 0 aromatic heterocycles. The maximum absolute atomic E-state index is 8.89. The van der Waals surface area contributed by atoms with Crippen LogP contribution in [0.5, 0.6) is 0 Å². The predicted octanol–water partition coefficient (Wildman–Crippen LogP) is 0.309. The Kier molecular flexibility index (Phi) is 2.13. The van der Waals surface area contributed by atoms with Gasteiger partial charge in [-0.3, -0.25) is 0 Å². The van der Waals surface area contributed by atoms with E-state index in [4.69, 9.17) is 5.53 Å². The number of nitrogens with zero attached hydrogens (tertiary/aromatic N) is 2. The van der Waals surface area contributed by atoms with Gasteiger partial charge in [-0.05, 0) is 25.8 Å². The van der Waals surface area contributed by atoms with E-state index in [9.17, 15) is 0 Å². The Labute approximate surface area is 73.6 Å². The van der Waals surface area contributed by atoms with Crippen molar-refractivity contribution in [1.29, 1.82) is 0 Å². The maximum Gasteiger partial charge on any atom is 0.196 e. The molecule has 1 N–H and O–H groups in total. The SMILES string of the molecule is CN1C([NH+]=[N-])CC2CCCCC21. The van der Waals surface area contributed by atoms with Crippen LogP contribution in [-0.4, -0.2) is 24.2 Å². The normalized spacial score (nSPS) is 42.6. The molecular weight excluding hydrogens is 150 g/mol. The molecule has 1 aliphatic heterocycles. The van der Waals surface area contributed by atoms with E-state index >= 15 is 0 Å². The van der Waals surface area contributed by atoms with Gasteiger partial charge >= 0.3 is 0 Å². The van der Waals surface area contributed by atoms with Gasteiger partial charge in [0.2, 0.25) is 0 Å². The molecule has 0 amide bonds. The summed E-state index contributed by atoms with van der Waals surface area (Å²) in [4.78, 5) is 2.30. The van der Waals surface area contributed by atoms with E-state index in [-0.39, 0.29) is 6.17 Å². The van der Waals surface area contributed by atoms with Gasteiger partial charge in [-0.25, -0.2) is 4.90 Å². The van der Waals surface area contributed by atoms with Gasteiger partial charge in [0, 0.05) is 12.5 Å². The summed E-state index contributed by atoms with van der Waals surface area (Å²) in [7, 11) is 2.11. The molecule has 2 fully saturated rings. The topological polar surface area (TPSA) is 39.5 Å². The van der Waals surface area contributed by atoms with Gasteiger partial charge in [0.25, 0.3) is 0 Å². The Hall–Kier alpha value is -0.440. The van der Waals surface area contributed by atoms with Gasteiger partial charge in [-0.15, -0.1) is 0 Å². The van der Waals surface area contributed by atoms with Crippen molar-refractivity contribution in [2.45, 2.75) is 44.3 Å². The van der Waals surface area contributed by atoms with Crippen LogP contribution in [0.4, 0.5) is 0 Å². The van der Waals surface area contributed by atoms with E-state index in [1.165, 1.54) is 25.7 Å². The first-order valence-corrected chi connectivity index (χ1v) is 4.94. The first-order valence-electron chi connectivity index (χ1n) is 4.94.